The van der Waals surface area contributed by atoms with E-state index in [4.69, 9.17) is 0 Å². The number of hydrogen-bond donors (Lipinski definition) is 0. The van der Waals surface area contributed by atoms with Crippen LogP contribution in [0.5, 0.6) is 0 Å². The second kappa shape index (κ2) is 5.60. The van der Waals surface area contributed by atoms with Gasteiger partial charge in [-0.05, 0) is 25.5 Å². The number of imidazole rings is 2. The smallest absolute Gasteiger partial charge is 0.329 e. The minimum atomic E-state index is 0.0444. The van der Waals surface area contributed by atoms with Crippen molar-refractivity contribution in [3.05, 3.63) is 53.0 Å². The first-order valence-electron chi connectivity index (χ1n) is 7.43. The SMILES string of the molecule is CCCn1cncc1Cn1c(=O)n(CC)c2ccccc21. The third kappa shape index (κ3) is 2.28. The van der Waals surface area contributed by atoms with E-state index in [0.717, 1.165) is 29.7 Å². The summed E-state index contributed by atoms with van der Waals surface area (Å²) in [5, 5.41) is 0. The lowest BCUT2D eigenvalue weighted by molar-refractivity contribution is 0.611. The van der Waals surface area contributed by atoms with Crippen molar-refractivity contribution in [2.45, 2.75) is 39.9 Å². The summed E-state index contributed by atoms with van der Waals surface area (Å²) in [4.78, 5) is 16.8. The summed E-state index contributed by atoms with van der Waals surface area (Å²) in [7, 11) is 0. The molecule has 21 heavy (non-hydrogen) atoms. The molecular formula is C16H20N4O. The normalized spacial score (nSPS) is 11.3. The van der Waals surface area contributed by atoms with Crippen LogP contribution in [0.25, 0.3) is 11.0 Å². The van der Waals surface area contributed by atoms with Crippen LogP contribution in [-0.2, 0) is 19.6 Å². The molecule has 0 aliphatic rings. The third-order valence-electron chi connectivity index (χ3n) is 3.82. The van der Waals surface area contributed by atoms with Crippen molar-refractivity contribution in [3.63, 3.8) is 0 Å². The number of para-hydroxylation sites is 2. The van der Waals surface area contributed by atoms with E-state index >= 15 is 0 Å². The molecule has 0 amide bonds. The number of benzene rings is 1. The zero-order chi connectivity index (χ0) is 14.8. The Morgan fingerprint density at radius 3 is 2.48 bits per heavy atom. The van der Waals surface area contributed by atoms with Crippen molar-refractivity contribution in [2.24, 2.45) is 0 Å². The lowest BCUT2D eigenvalue weighted by Crippen LogP contribution is -2.25. The lowest BCUT2D eigenvalue weighted by atomic mass is 10.3. The number of hydrogen-bond acceptors (Lipinski definition) is 2. The van der Waals surface area contributed by atoms with Gasteiger partial charge in [0.1, 0.15) is 0 Å². The predicted octanol–water partition coefficient (Wildman–Crippen LogP) is 2.48. The molecule has 5 nitrogen and oxygen atoms in total. The van der Waals surface area contributed by atoms with Crippen LogP contribution in [-0.4, -0.2) is 18.7 Å². The van der Waals surface area contributed by atoms with Gasteiger partial charge in [-0.25, -0.2) is 9.78 Å². The van der Waals surface area contributed by atoms with Crippen molar-refractivity contribution in [1.82, 2.24) is 18.7 Å². The molecule has 0 aliphatic heterocycles. The third-order valence-corrected chi connectivity index (χ3v) is 3.82. The summed E-state index contributed by atoms with van der Waals surface area (Å²) in [6, 6.07) is 7.95. The number of rotatable bonds is 5. The molecule has 1 aromatic carbocycles. The highest BCUT2D eigenvalue weighted by Crippen LogP contribution is 2.14. The fourth-order valence-electron chi connectivity index (χ4n) is 2.81. The van der Waals surface area contributed by atoms with Gasteiger partial charge in [-0.15, -0.1) is 0 Å². The molecular weight excluding hydrogens is 264 g/mol. The van der Waals surface area contributed by atoms with Gasteiger partial charge < -0.3 is 4.57 Å². The van der Waals surface area contributed by atoms with Crippen LogP contribution in [0.15, 0.2) is 41.6 Å². The Morgan fingerprint density at radius 1 is 1.10 bits per heavy atom. The summed E-state index contributed by atoms with van der Waals surface area (Å²) >= 11 is 0. The number of aromatic nitrogens is 4. The Bertz CT molecular complexity index is 809. The average molecular weight is 284 g/mol. The number of nitrogens with zero attached hydrogens (tertiary/aromatic N) is 4. The molecule has 0 fully saturated rings. The molecule has 0 saturated heterocycles. The van der Waals surface area contributed by atoms with E-state index in [2.05, 4.69) is 16.5 Å². The molecule has 0 radical (unpaired) electrons. The van der Waals surface area contributed by atoms with Gasteiger partial charge in [-0.3, -0.25) is 9.13 Å². The molecule has 2 heterocycles. The monoisotopic (exact) mass is 284 g/mol. The van der Waals surface area contributed by atoms with Crippen LogP contribution in [0.2, 0.25) is 0 Å². The van der Waals surface area contributed by atoms with E-state index in [1.54, 1.807) is 0 Å². The van der Waals surface area contributed by atoms with E-state index in [-0.39, 0.29) is 5.69 Å². The van der Waals surface area contributed by atoms with E-state index in [0.29, 0.717) is 13.1 Å². The van der Waals surface area contributed by atoms with Gasteiger partial charge >= 0.3 is 5.69 Å². The minimum absolute atomic E-state index is 0.0444. The van der Waals surface area contributed by atoms with Crippen molar-refractivity contribution < 1.29 is 0 Å². The maximum atomic E-state index is 12.6. The topological polar surface area (TPSA) is 44.8 Å². The first-order chi connectivity index (χ1) is 10.3. The highest BCUT2D eigenvalue weighted by Gasteiger charge is 2.13. The van der Waals surface area contributed by atoms with E-state index < -0.39 is 0 Å². The highest BCUT2D eigenvalue weighted by molar-refractivity contribution is 5.76. The summed E-state index contributed by atoms with van der Waals surface area (Å²) in [5.41, 5.74) is 3.08. The van der Waals surface area contributed by atoms with Gasteiger partial charge in [-0.2, -0.15) is 0 Å². The molecule has 5 heteroatoms. The summed E-state index contributed by atoms with van der Waals surface area (Å²) < 4.78 is 5.77. The standard InChI is InChI=1S/C16H20N4O/c1-3-9-18-12-17-10-13(18)11-20-15-8-6-5-7-14(15)19(4-2)16(20)21/h5-8,10,12H,3-4,9,11H2,1-2H3. The van der Waals surface area contributed by atoms with E-state index in [1.807, 2.05) is 52.8 Å². The van der Waals surface area contributed by atoms with Crippen molar-refractivity contribution >= 4 is 11.0 Å². The zero-order valence-electron chi connectivity index (χ0n) is 12.5. The molecule has 2 aromatic heterocycles. The Balaban J connectivity index is 2.10. The Morgan fingerprint density at radius 2 is 1.81 bits per heavy atom. The van der Waals surface area contributed by atoms with Gasteiger partial charge in [0.05, 0.1) is 29.6 Å². The first-order valence-corrected chi connectivity index (χ1v) is 7.43. The first kappa shape index (κ1) is 13.7. The van der Waals surface area contributed by atoms with Crippen LogP contribution < -0.4 is 5.69 Å². The average Bonchev–Trinajstić information content (AvgIpc) is 3.04. The van der Waals surface area contributed by atoms with Gasteiger partial charge in [0.15, 0.2) is 0 Å². The van der Waals surface area contributed by atoms with Crippen molar-refractivity contribution in [2.75, 3.05) is 0 Å². The molecule has 0 N–H and O–H groups in total. The summed E-state index contributed by atoms with van der Waals surface area (Å²) in [6.45, 7) is 6.31. The van der Waals surface area contributed by atoms with Gasteiger partial charge in [0.25, 0.3) is 0 Å². The molecule has 3 rings (SSSR count). The van der Waals surface area contributed by atoms with Crippen LogP contribution >= 0.6 is 0 Å². The molecule has 0 bridgehead atoms. The van der Waals surface area contributed by atoms with Gasteiger partial charge in [0, 0.05) is 19.3 Å². The molecule has 0 spiro atoms. The van der Waals surface area contributed by atoms with Crippen LogP contribution in [0, 0.1) is 0 Å². The van der Waals surface area contributed by atoms with Crippen molar-refractivity contribution in [1.29, 1.82) is 0 Å². The molecule has 3 aromatic rings. The fourth-order valence-corrected chi connectivity index (χ4v) is 2.81. The quantitative estimate of drug-likeness (QED) is 0.722. The van der Waals surface area contributed by atoms with Gasteiger partial charge in [-0.1, -0.05) is 19.1 Å². The molecule has 0 aliphatic carbocycles. The van der Waals surface area contributed by atoms with E-state index in [9.17, 15) is 4.79 Å². The molecule has 0 saturated carbocycles. The van der Waals surface area contributed by atoms with Gasteiger partial charge in [0.2, 0.25) is 0 Å². The second-order valence-electron chi connectivity index (χ2n) is 5.18. The Hall–Kier alpha value is -2.30. The molecule has 0 atom stereocenters. The summed E-state index contributed by atoms with van der Waals surface area (Å²) in [5.74, 6) is 0. The largest absolute Gasteiger partial charge is 0.333 e. The lowest BCUT2D eigenvalue weighted by Gasteiger charge is -2.07. The Labute approximate surface area is 123 Å². The highest BCUT2D eigenvalue weighted by atomic mass is 16.1. The zero-order valence-corrected chi connectivity index (χ0v) is 12.5. The van der Waals surface area contributed by atoms with Crippen LogP contribution in [0.1, 0.15) is 26.0 Å². The minimum Gasteiger partial charge on any atom is -0.333 e. The molecule has 0 unspecified atom stereocenters. The molecule has 110 valence electrons. The maximum absolute atomic E-state index is 12.6. The Kier molecular flexibility index (Phi) is 3.64. The fraction of sp³-hybridized carbons (Fsp3) is 0.375. The number of aryl methyl sites for hydroxylation is 2. The van der Waals surface area contributed by atoms with Crippen molar-refractivity contribution in [3.8, 4) is 0 Å². The second-order valence-corrected chi connectivity index (χ2v) is 5.18. The van der Waals surface area contributed by atoms with E-state index in [1.165, 1.54) is 0 Å². The number of fused-ring (bicyclic) bond motifs is 1. The maximum Gasteiger partial charge on any atom is 0.329 e. The predicted molar refractivity (Wildman–Crippen MR) is 83.5 cm³/mol. The van der Waals surface area contributed by atoms with Crippen LogP contribution in [0.3, 0.4) is 0 Å². The van der Waals surface area contributed by atoms with Crippen LogP contribution in [0.4, 0.5) is 0 Å². The summed E-state index contributed by atoms with van der Waals surface area (Å²) in [6.07, 6.45) is 4.73.